The fraction of sp³-hybridized carbons (Fsp3) is 0.0714. The molecular weight excluding hydrogens is 274 g/mol. The van der Waals surface area contributed by atoms with E-state index in [2.05, 4.69) is 20.3 Å². The first-order chi connectivity index (χ1) is 9.72. The first-order valence-electron chi connectivity index (χ1n) is 6.05. The van der Waals surface area contributed by atoms with Crippen LogP contribution >= 0.6 is 11.6 Å². The first-order valence-corrected chi connectivity index (χ1v) is 6.43. The lowest BCUT2D eigenvalue weighted by Crippen LogP contribution is -1.99. The van der Waals surface area contributed by atoms with E-state index < -0.39 is 0 Å². The van der Waals surface area contributed by atoms with Gasteiger partial charge in [0, 0.05) is 31.2 Å². The minimum Gasteiger partial charge on any atom is -0.357 e. The Kier molecular flexibility index (Phi) is 3.35. The van der Waals surface area contributed by atoms with Crippen LogP contribution in [0.2, 0.25) is 5.02 Å². The fourth-order valence-electron chi connectivity index (χ4n) is 1.82. The predicted molar refractivity (Wildman–Crippen MR) is 79.0 cm³/mol. The maximum atomic E-state index is 6.17. The molecule has 0 unspecified atom stereocenters. The van der Waals surface area contributed by atoms with Crippen molar-refractivity contribution in [3.8, 4) is 11.3 Å². The molecule has 0 aliphatic carbocycles. The summed E-state index contributed by atoms with van der Waals surface area (Å²) in [6.45, 7) is 0. The van der Waals surface area contributed by atoms with Gasteiger partial charge in [-0.1, -0.05) is 17.7 Å². The quantitative estimate of drug-likeness (QED) is 0.802. The largest absolute Gasteiger partial charge is 0.357 e. The number of pyridine rings is 1. The Hall–Kier alpha value is -2.40. The Morgan fingerprint density at radius 1 is 1.20 bits per heavy atom. The molecule has 3 aromatic heterocycles. The molecule has 100 valence electrons. The third-order valence-corrected chi connectivity index (χ3v) is 3.03. The van der Waals surface area contributed by atoms with E-state index in [-0.39, 0.29) is 0 Å². The third kappa shape index (κ3) is 2.62. The second-order valence-corrected chi connectivity index (χ2v) is 4.70. The van der Waals surface area contributed by atoms with Gasteiger partial charge in [-0.05, 0) is 18.2 Å². The van der Waals surface area contributed by atoms with Crippen LogP contribution in [-0.4, -0.2) is 19.5 Å². The summed E-state index contributed by atoms with van der Waals surface area (Å²) in [7, 11) is 1.95. The summed E-state index contributed by atoms with van der Waals surface area (Å²) in [5.74, 6) is 1.15. The number of nitrogens with one attached hydrogen (secondary N) is 1. The number of nitrogens with zero attached hydrogens (tertiary/aromatic N) is 4. The number of hydrogen-bond acceptors (Lipinski definition) is 4. The molecule has 3 heterocycles. The summed E-state index contributed by atoms with van der Waals surface area (Å²) < 4.78 is 1.94. The topological polar surface area (TPSA) is 55.6 Å². The van der Waals surface area contributed by atoms with Crippen LogP contribution < -0.4 is 5.32 Å². The number of anilines is 2. The van der Waals surface area contributed by atoms with Crippen LogP contribution in [0.5, 0.6) is 0 Å². The van der Waals surface area contributed by atoms with Gasteiger partial charge in [-0.2, -0.15) is 0 Å². The van der Waals surface area contributed by atoms with Crippen LogP contribution in [0.25, 0.3) is 11.3 Å². The molecule has 5 nitrogen and oxygen atoms in total. The van der Waals surface area contributed by atoms with Crippen LogP contribution in [0.15, 0.2) is 49.1 Å². The zero-order valence-electron chi connectivity index (χ0n) is 10.8. The van der Waals surface area contributed by atoms with Crippen molar-refractivity contribution in [2.45, 2.75) is 0 Å². The van der Waals surface area contributed by atoms with Crippen LogP contribution in [-0.2, 0) is 7.05 Å². The molecule has 0 aliphatic rings. The number of aromatic nitrogens is 4. The molecule has 20 heavy (non-hydrogen) atoms. The average Bonchev–Trinajstić information content (AvgIpc) is 2.89. The van der Waals surface area contributed by atoms with E-state index in [4.69, 9.17) is 11.6 Å². The summed E-state index contributed by atoms with van der Waals surface area (Å²) in [6, 6.07) is 7.55. The number of hydrogen-bond donors (Lipinski definition) is 1. The second kappa shape index (κ2) is 5.30. The van der Waals surface area contributed by atoms with Crippen LogP contribution in [0, 0.1) is 0 Å². The van der Waals surface area contributed by atoms with Crippen molar-refractivity contribution in [2.75, 3.05) is 5.32 Å². The molecule has 1 N–H and O–H groups in total. The predicted octanol–water partition coefficient (Wildman–Crippen LogP) is 3.27. The molecule has 0 saturated heterocycles. The van der Waals surface area contributed by atoms with Gasteiger partial charge in [0.05, 0.1) is 16.9 Å². The Labute approximate surface area is 121 Å². The first kappa shape index (κ1) is 12.6. The van der Waals surface area contributed by atoms with Crippen molar-refractivity contribution < 1.29 is 0 Å². The van der Waals surface area contributed by atoms with Gasteiger partial charge in [0.15, 0.2) is 0 Å². The van der Waals surface area contributed by atoms with Crippen molar-refractivity contribution >= 4 is 23.4 Å². The molecule has 0 bridgehead atoms. The molecule has 0 aliphatic heterocycles. The summed E-state index contributed by atoms with van der Waals surface area (Å²) in [5.41, 5.74) is 1.64. The van der Waals surface area contributed by atoms with E-state index in [1.165, 1.54) is 0 Å². The number of aryl methyl sites for hydroxylation is 1. The highest BCUT2D eigenvalue weighted by Crippen LogP contribution is 2.26. The highest BCUT2D eigenvalue weighted by Gasteiger charge is 2.09. The van der Waals surface area contributed by atoms with Crippen LogP contribution in [0.1, 0.15) is 0 Å². The number of halogens is 1. The van der Waals surface area contributed by atoms with Crippen LogP contribution in [0.4, 0.5) is 11.8 Å². The molecule has 3 rings (SSSR count). The molecule has 0 saturated carbocycles. The maximum absolute atomic E-state index is 6.17. The van der Waals surface area contributed by atoms with Crippen molar-refractivity contribution in [3.05, 3.63) is 54.1 Å². The standard InChI is InChI=1S/C14H12ClN5/c1-20-7-5-10(9-20)13-11(15)8-17-14(19-13)18-12-4-2-3-6-16-12/h2-9H,1H3,(H,16,17,18,19). The van der Waals surface area contributed by atoms with Gasteiger partial charge in [0.2, 0.25) is 5.95 Å². The van der Waals surface area contributed by atoms with E-state index >= 15 is 0 Å². The molecule has 0 spiro atoms. The highest BCUT2D eigenvalue weighted by molar-refractivity contribution is 6.32. The highest BCUT2D eigenvalue weighted by atomic mass is 35.5. The second-order valence-electron chi connectivity index (χ2n) is 4.30. The molecule has 0 radical (unpaired) electrons. The van der Waals surface area contributed by atoms with Gasteiger partial charge in [0.1, 0.15) is 5.82 Å². The van der Waals surface area contributed by atoms with Crippen molar-refractivity contribution in [2.24, 2.45) is 7.05 Å². The van der Waals surface area contributed by atoms with Gasteiger partial charge in [0.25, 0.3) is 0 Å². The van der Waals surface area contributed by atoms with Gasteiger partial charge in [-0.15, -0.1) is 0 Å². The zero-order chi connectivity index (χ0) is 13.9. The summed E-state index contributed by atoms with van der Waals surface area (Å²) in [4.78, 5) is 12.8. The van der Waals surface area contributed by atoms with E-state index in [0.717, 1.165) is 5.56 Å². The van der Waals surface area contributed by atoms with E-state index in [9.17, 15) is 0 Å². The third-order valence-electron chi connectivity index (χ3n) is 2.75. The molecule has 0 aromatic carbocycles. The van der Waals surface area contributed by atoms with Crippen molar-refractivity contribution in [1.82, 2.24) is 19.5 Å². The van der Waals surface area contributed by atoms with Gasteiger partial charge in [-0.25, -0.2) is 15.0 Å². The van der Waals surface area contributed by atoms with E-state index in [1.54, 1.807) is 12.4 Å². The number of rotatable bonds is 3. The van der Waals surface area contributed by atoms with Gasteiger partial charge < -0.3 is 9.88 Å². The van der Waals surface area contributed by atoms with E-state index in [0.29, 0.717) is 22.5 Å². The monoisotopic (exact) mass is 285 g/mol. The van der Waals surface area contributed by atoms with Crippen LogP contribution in [0.3, 0.4) is 0 Å². The lowest BCUT2D eigenvalue weighted by atomic mass is 10.2. The molecule has 0 fully saturated rings. The van der Waals surface area contributed by atoms with Gasteiger partial charge >= 0.3 is 0 Å². The summed E-state index contributed by atoms with van der Waals surface area (Å²) in [6.07, 6.45) is 7.19. The van der Waals surface area contributed by atoms with E-state index in [1.807, 2.05) is 48.3 Å². The Morgan fingerprint density at radius 2 is 2.10 bits per heavy atom. The molecule has 6 heteroatoms. The SMILES string of the molecule is Cn1ccc(-c2nc(Nc3ccccn3)ncc2Cl)c1. The molecular formula is C14H12ClN5. The lowest BCUT2D eigenvalue weighted by Gasteiger charge is -2.06. The Bertz CT molecular complexity index is 723. The smallest absolute Gasteiger partial charge is 0.228 e. The Morgan fingerprint density at radius 3 is 2.80 bits per heavy atom. The molecule has 0 atom stereocenters. The van der Waals surface area contributed by atoms with Gasteiger partial charge in [-0.3, -0.25) is 0 Å². The summed E-state index contributed by atoms with van der Waals surface area (Å²) >= 11 is 6.17. The van der Waals surface area contributed by atoms with Crippen molar-refractivity contribution in [3.63, 3.8) is 0 Å². The fourth-order valence-corrected chi connectivity index (χ4v) is 2.02. The minimum atomic E-state index is 0.465. The zero-order valence-corrected chi connectivity index (χ0v) is 11.5. The summed E-state index contributed by atoms with van der Waals surface area (Å²) in [5, 5.41) is 3.57. The average molecular weight is 286 g/mol. The molecule has 0 amide bonds. The Balaban J connectivity index is 1.94. The van der Waals surface area contributed by atoms with Crippen molar-refractivity contribution in [1.29, 1.82) is 0 Å². The minimum absolute atomic E-state index is 0.465. The maximum Gasteiger partial charge on any atom is 0.228 e. The normalized spacial score (nSPS) is 10.5. The molecule has 3 aromatic rings. The lowest BCUT2D eigenvalue weighted by molar-refractivity contribution is 0.928.